The molecular formula is C28H26N2O3. The molecule has 1 saturated heterocycles. The van der Waals surface area contributed by atoms with E-state index in [0.29, 0.717) is 6.61 Å². The number of fused-ring (bicyclic) bond motifs is 5. The van der Waals surface area contributed by atoms with E-state index >= 15 is 0 Å². The van der Waals surface area contributed by atoms with Crippen LogP contribution in [-0.2, 0) is 4.74 Å². The normalized spacial score (nSPS) is 20.8. The maximum atomic E-state index is 13.2. The number of hydrogen-bond donors (Lipinski definition) is 0. The number of methoxy groups -OCH3 is 1. The minimum Gasteiger partial charge on any atom is -0.494 e. The Morgan fingerprint density at radius 2 is 1.73 bits per heavy atom. The lowest BCUT2D eigenvalue weighted by atomic mass is 9.97. The van der Waals surface area contributed by atoms with Gasteiger partial charge in [-0.3, -0.25) is 9.88 Å². The van der Waals surface area contributed by atoms with Gasteiger partial charge in [-0.05, 0) is 59.2 Å². The molecule has 2 bridgehead atoms. The Morgan fingerprint density at radius 1 is 1.00 bits per heavy atom. The number of carbonyl (C=O) groups excluding carboxylic acids is 1. The zero-order chi connectivity index (χ0) is 22.4. The highest BCUT2D eigenvalue weighted by Gasteiger charge is 2.42. The van der Waals surface area contributed by atoms with Crippen molar-refractivity contribution in [3.05, 3.63) is 89.8 Å². The molecule has 5 nitrogen and oxygen atoms in total. The van der Waals surface area contributed by atoms with Crippen molar-refractivity contribution in [2.75, 3.05) is 13.7 Å². The Labute approximate surface area is 193 Å². The topological polar surface area (TPSA) is 51.7 Å². The molecule has 2 aromatic carbocycles. The predicted octanol–water partition coefficient (Wildman–Crippen LogP) is 5.66. The molecular weight excluding hydrogens is 412 g/mol. The molecule has 0 spiro atoms. The second-order valence-corrected chi connectivity index (χ2v) is 8.96. The molecule has 3 aromatic rings. The van der Waals surface area contributed by atoms with Crippen LogP contribution in [0.5, 0.6) is 5.75 Å². The van der Waals surface area contributed by atoms with Gasteiger partial charge in [-0.2, -0.15) is 0 Å². The predicted molar refractivity (Wildman–Crippen MR) is 127 cm³/mol. The third-order valence-electron chi connectivity index (χ3n) is 7.24. The Bertz CT molecular complexity index is 1210. The number of aromatic nitrogens is 1. The summed E-state index contributed by atoms with van der Waals surface area (Å²) in [6.45, 7) is 0.355. The summed E-state index contributed by atoms with van der Waals surface area (Å²) in [5.74, 6) is 0.852. The van der Waals surface area contributed by atoms with Crippen LogP contribution in [0, 0.1) is 0 Å². The van der Waals surface area contributed by atoms with Gasteiger partial charge in [0.15, 0.2) is 0 Å². The van der Waals surface area contributed by atoms with Gasteiger partial charge < -0.3 is 9.47 Å². The van der Waals surface area contributed by atoms with Crippen molar-refractivity contribution in [3.63, 3.8) is 0 Å². The van der Waals surface area contributed by atoms with E-state index in [9.17, 15) is 4.79 Å². The second kappa shape index (κ2) is 8.07. The summed E-state index contributed by atoms with van der Waals surface area (Å²) < 4.78 is 11.5. The molecule has 1 aliphatic carbocycles. The van der Waals surface area contributed by atoms with Gasteiger partial charge in [0, 0.05) is 18.2 Å². The van der Waals surface area contributed by atoms with E-state index in [1.807, 2.05) is 17.0 Å². The Morgan fingerprint density at radius 3 is 2.42 bits per heavy atom. The van der Waals surface area contributed by atoms with Gasteiger partial charge in [-0.15, -0.1) is 0 Å². The summed E-state index contributed by atoms with van der Waals surface area (Å²) in [6.07, 6.45) is 6.45. The molecule has 2 unspecified atom stereocenters. The first-order chi connectivity index (χ1) is 16.2. The number of carbonyl (C=O) groups is 1. The maximum absolute atomic E-state index is 13.2. The molecule has 0 N–H and O–H groups in total. The van der Waals surface area contributed by atoms with Crippen molar-refractivity contribution < 1.29 is 14.3 Å². The third kappa shape index (κ3) is 3.30. The number of pyridine rings is 1. The highest BCUT2D eigenvalue weighted by atomic mass is 16.6. The lowest BCUT2D eigenvalue weighted by Gasteiger charge is -2.33. The first-order valence-electron chi connectivity index (χ1n) is 11.6. The summed E-state index contributed by atoms with van der Waals surface area (Å²) in [6, 6.07) is 20.8. The highest BCUT2D eigenvalue weighted by molar-refractivity contribution is 5.79. The number of ether oxygens (including phenoxy) is 2. The molecule has 33 heavy (non-hydrogen) atoms. The molecule has 0 saturated carbocycles. The minimum absolute atomic E-state index is 0.0427. The van der Waals surface area contributed by atoms with Gasteiger partial charge in [0.25, 0.3) is 0 Å². The average molecular weight is 439 g/mol. The number of rotatable bonds is 4. The molecule has 166 valence electrons. The SMILES string of the molecule is COc1cccnc1C1=CC2CCC(C1)N2C(=O)OCC1c2ccccc2-c2ccccc21. The Kier molecular flexibility index (Phi) is 4.90. The van der Waals surface area contributed by atoms with E-state index in [0.717, 1.165) is 36.3 Å². The van der Waals surface area contributed by atoms with Gasteiger partial charge in [0.05, 0.1) is 13.2 Å². The van der Waals surface area contributed by atoms with Gasteiger partial charge >= 0.3 is 6.09 Å². The summed E-state index contributed by atoms with van der Waals surface area (Å²) in [4.78, 5) is 19.7. The van der Waals surface area contributed by atoms with Crippen molar-refractivity contribution in [1.29, 1.82) is 0 Å². The third-order valence-corrected chi connectivity index (χ3v) is 7.24. The van der Waals surface area contributed by atoms with Gasteiger partial charge in [0.2, 0.25) is 0 Å². The Hall–Kier alpha value is -3.60. The molecule has 1 amide bonds. The molecule has 5 heteroatoms. The van der Waals surface area contributed by atoms with Crippen molar-refractivity contribution in [2.24, 2.45) is 0 Å². The van der Waals surface area contributed by atoms with Crippen LogP contribution in [0.4, 0.5) is 4.79 Å². The summed E-state index contributed by atoms with van der Waals surface area (Å²) in [7, 11) is 1.67. The largest absolute Gasteiger partial charge is 0.494 e. The van der Waals surface area contributed by atoms with E-state index in [1.165, 1.54) is 22.3 Å². The lowest BCUT2D eigenvalue weighted by Crippen LogP contribution is -2.43. The standard InChI is InChI=1S/C28H26N2O3/c1-32-26-11-6-14-29-27(26)18-15-19-12-13-20(16-18)30(19)28(31)33-17-25-23-9-4-2-7-21(23)22-8-3-5-10-24(22)25/h2-11,14-15,19-20,25H,12-13,16-17H2,1H3. The molecule has 6 rings (SSSR count). The van der Waals surface area contributed by atoms with Gasteiger partial charge in [0.1, 0.15) is 18.1 Å². The quantitative estimate of drug-likeness (QED) is 0.527. The van der Waals surface area contributed by atoms with E-state index in [-0.39, 0.29) is 24.1 Å². The fourth-order valence-corrected chi connectivity index (χ4v) is 5.76. The summed E-state index contributed by atoms with van der Waals surface area (Å²) in [5, 5.41) is 0. The zero-order valence-corrected chi connectivity index (χ0v) is 18.6. The average Bonchev–Trinajstić information content (AvgIpc) is 3.33. The second-order valence-electron chi connectivity index (χ2n) is 8.96. The van der Waals surface area contributed by atoms with Crippen LogP contribution >= 0.6 is 0 Å². The molecule has 1 aromatic heterocycles. The summed E-state index contributed by atoms with van der Waals surface area (Å²) in [5.41, 5.74) is 6.98. The number of amides is 1. The van der Waals surface area contributed by atoms with Crippen LogP contribution in [0.1, 0.15) is 42.0 Å². The molecule has 2 atom stereocenters. The van der Waals surface area contributed by atoms with Crippen molar-refractivity contribution in [2.45, 2.75) is 37.3 Å². The number of benzene rings is 2. The molecule has 1 fully saturated rings. The number of hydrogen-bond acceptors (Lipinski definition) is 4. The van der Waals surface area contributed by atoms with Crippen molar-refractivity contribution in [1.82, 2.24) is 9.88 Å². The van der Waals surface area contributed by atoms with E-state index in [4.69, 9.17) is 9.47 Å². The minimum atomic E-state index is -0.215. The van der Waals surface area contributed by atoms with Crippen molar-refractivity contribution in [3.8, 4) is 16.9 Å². The van der Waals surface area contributed by atoms with E-state index < -0.39 is 0 Å². The smallest absolute Gasteiger partial charge is 0.410 e. The van der Waals surface area contributed by atoms with Gasteiger partial charge in [-0.1, -0.05) is 54.6 Å². The van der Waals surface area contributed by atoms with Crippen LogP contribution in [-0.4, -0.2) is 41.8 Å². The summed E-state index contributed by atoms with van der Waals surface area (Å²) >= 11 is 0. The van der Waals surface area contributed by atoms with Crippen LogP contribution in [0.25, 0.3) is 16.7 Å². The first-order valence-corrected chi connectivity index (χ1v) is 11.6. The maximum Gasteiger partial charge on any atom is 0.410 e. The fraction of sp³-hybridized carbons (Fsp3) is 0.286. The molecule has 0 radical (unpaired) electrons. The number of nitrogens with zero attached hydrogens (tertiary/aromatic N) is 2. The van der Waals surface area contributed by atoms with Crippen LogP contribution in [0.2, 0.25) is 0 Å². The van der Waals surface area contributed by atoms with E-state index in [1.54, 1.807) is 13.3 Å². The Balaban J connectivity index is 1.21. The zero-order valence-electron chi connectivity index (χ0n) is 18.6. The molecule has 2 aliphatic heterocycles. The van der Waals surface area contributed by atoms with Crippen LogP contribution in [0.3, 0.4) is 0 Å². The lowest BCUT2D eigenvalue weighted by molar-refractivity contribution is 0.0866. The molecule has 3 aliphatic rings. The van der Waals surface area contributed by atoms with Gasteiger partial charge in [-0.25, -0.2) is 4.79 Å². The highest BCUT2D eigenvalue weighted by Crippen LogP contribution is 2.45. The molecule has 3 heterocycles. The van der Waals surface area contributed by atoms with Crippen molar-refractivity contribution >= 4 is 11.7 Å². The monoisotopic (exact) mass is 438 g/mol. The fourth-order valence-electron chi connectivity index (χ4n) is 5.76. The first kappa shape index (κ1) is 20.0. The van der Waals surface area contributed by atoms with E-state index in [2.05, 4.69) is 59.6 Å². The van der Waals surface area contributed by atoms with Crippen LogP contribution < -0.4 is 4.74 Å². The van der Waals surface area contributed by atoms with Crippen LogP contribution in [0.15, 0.2) is 72.9 Å².